The van der Waals surface area contributed by atoms with Crippen LogP contribution in [0.4, 0.5) is 0 Å². The number of nitriles is 1. The van der Waals surface area contributed by atoms with E-state index in [2.05, 4.69) is 19.9 Å². The molecule has 3 saturated carbocycles. The summed E-state index contributed by atoms with van der Waals surface area (Å²) in [6.07, 6.45) is 22.3. The molecule has 3 rings (SSSR count). The van der Waals surface area contributed by atoms with Gasteiger partial charge in [0.05, 0.1) is 11.5 Å². The molecule has 26 heavy (non-hydrogen) atoms. The van der Waals surface area contributed by atoms with Crippen LogP contribution in [0.25, 0.3) is 0 Å². The second-order valence-electron chi connectivity index (χ2n) is 10.2. The minimum absolute atomic E-state index is 0.0401. The van der Waals surface area contributed by atoms with Crippen LogP contribution in [0.3, 0.4) is 0 Å². The molecule has 0 aromatic carbocycles. The lowest BCUT2D eigenvalue weighted by molar-refractivity contribution is -0.0178. The van der Waals surface area contributed by atoms with Gasteiger partial charge in [-0.05, 0) is 81.0 Å². The van der Waals surface area contributed by atoms with Crippen LogP contribution in [0.15, 0.2) is 0 Å². The van der Waals surface area contributed by atoms with E-state index in [0.29, 0.717) is 0 Å². The number of hydrogen-bond donors (Lipinski definition) is 0. The third-order valence-electron chi connectivity index (χ3n) is 8.50. The second kappa shape index (κ2) is 9.61. The fraction of sp³-hybridized carbons (Fsp3) is 0.960. The molecule has 3 fully saturated rings. The van der Waals surface area contributed by atoms with Crippen molar-refractivity contribution < 1.29 is 0 Å². The molecule has 0 bridgehead atoms. The number of fused-ring (bicyclic) bond motifs is 3. The van der Waals surface area contributed by atoms with Crippen LogP contribution in [-0.4, -0.2) is 0 Å². The minimum Gasteiger partial charge on any atom is -0.198 e. The summed E-state index contributed by atoms with van der Waals surface area (Å²) in [5.41, 5.74) is 0.0401. The van der Waals surface area contributed by atoms with Crippen molar-refractivity contribution in [2.75, 3.05) is 0 Å². The molecular formula is C25H43N. The van der Waals surface area contributed by atoms with Crippen LogP contribution in [0, 0.1) is 46.3 Å². The highest BCUT2D eigenvalue weighted by atomic mass is 14.5. The molecule has 4 unspecified atom stereocenters. The maximum Gasteiger partial charge on any atom is 0.0689 e. The first kappa shape index (κ1) is 20.2. The average molecular weight is 358 g/mol. The summed E-state index contributed by atoms with van der Waals surface area (Å²) < 4.78 is 0. The van der Waals surface area contributed by atoms with Gasteiger partial charge < -0.3 is 0 Å². The normalized spacial score (nSPS) is 39.7. The lowest BCUT2D eigenvalue weighted by Crippen LogP contribution is -2.44. The molecule has 0 radical (unpaired) electrons. The van der Waals surface area contributed by atoms with E-state index in [9.17, 15) is 5.26 Å². The van der Waals surface area contributed by atoms with Crippen molar-refractivity contribution in [3.05, 3.63) is 0 Å². The van der Waals surface area contributed by atoms with Crippen LogP contribution in [0.1, 0.15) is 117 Å². The van der Waals surface area contributed by atoms with E-state index < -0.39 is 0 Å². The zero-order valence-corrected chi connectivity index (χ0v) is 17.6. The van der Waals surface area contributed by atoms with E-state index in [-0.39, 0.29) is 5.41 Å². The SMILES string of the molecule is CCCCCCC[C@H]1CCC2C(CCC3C[C@@](C#N)(CCC)CCC32)C1. The first-order chi connectivity index (χ1) is 12.7. The van der Waals surface area contributed by atoms with Crippen LogP contribution in [0.2, 0.25) is 0 Å². The zero-order chi connectivity index (χ0) is 18.4. The molecule has 1 heteroatoms. The molecule has 6 atom stereocenters. The van der Waals surface area contributed by atoms with Crippen molar-refractivity contribution in [3.63, 3.8) is 0 Å². The topological polar surface area (TPSA) is 23.8 Å². The van der Waals surface area contributed by atoms with Gasteiger partial charge in [0.25, 0.3) is 0 Å². The number of rotatable bonds is 8. The summed E-state index contributed by atoms with van der Waals surface area (Å²) in [7, 11) is 0. The van der Waals surface area contributed by atoms with Crippen molar-refractivity contribution in [2.24, 2.45) is 35.0 Å². The van der Waals surface area contributed by atoms with E-state index >= 15 is 0 Å². The summed E-state index contributed by atoms with van der Waals surface area (Å²) in [6.45, 7) is 4.57. The van der Waals surface area contributed by atoms with Crippen LogP contribution in [0.5, 0.6) is 0 Å². The summed E-state index contributed by atoms with van der Waals surface area (Å²) in [5.74, 6) is 4.94. The smallest absolute Gasteiger partial charge is 0.0689 e. The van der Waals surface area contributed by atoms with Crippen molar-refractivity contribution in [1.82, 2.24) is 0 Å². The zero-order valence-electron chi connectivity index (χ0n) is 17.6. The lowest BCUT2D eigenvalue weighted by atomic mass is 9.52. The van der Waals surface area contributed by atoms with Gasteiger partial charge in [-0.1, -0.05) is 65.2 Å². The molecule has 0 aromatic heterocycles. The highest BCUT2D eigenvalue weighted by Crippen LogP contribution is 2.57. The van der Waals surface area contributed by atoms with Crippen LogP contribution < -0.4 is 0 Å². The van der Waals surface area contributed by atoms with Gasteiger partial charge in [0.2, 0.25) is 0 Å². The molecule has 0 spiro atoms. The average Bonchev–Trinajstić information content (AvgIpc) is 2.67. The minimum atomic E-state index is 0.0401. The van der Waals surface area contributed by atoms with E-state index in [1.165, 1.54) is 89.9 Å². The molecular weight excluding hydrogens is 314 g/mol. The Morgan fingerprint density at radius 3 is 2.38 bits per heavy atom. The Balaban J connectivity index is 1.48. The maximum absolute atomic E-state index is 9.82. The Morgan fingerprint density at radius 1 is 0.846 bits per heavy atom. The van der Waals surface area contributed by atoms with Crippen LogP contribution in [-0.2, 0) is 0 Å². The molecule has 0 aliphatic heterocycles. The first-order valence-electron chi connectivity index (χ1n) is 12.1. The Kier molecular flexibility index (Phi) is 7.48. The lowest BCUT2D eigenvalue weighted by Gasteiger charge is -2.52. The summed E-state index contributed by atoms with van der Waals surface area (Å²) in [4.78, 5) is 0. The Bertz CT molecular complexity index is 463. The van der Waals surface area contributed by atoms with Gasteiger partial charge in [-0.25, -0.2) is 0 Å². The molecule has 0 N–H and O–H groups in total. The van der Waals surface area contributed by atoms with Gasteiger partial charge >= 0.3 is 0 Å². The monoisotopic (exact) mass is 357 g/mol. The molecule has 148 valence electrons. The van der Waals surface area contributed by atoms with Gasteiger partial charge in [-0.15, -0.1) is 0 Å². The standard InChI is InChI=1S/C25H43N/c1-3-5-6-7-8-9-20-10-13-23-21(17-20)11-12-22-18-25(19-26,15-4-2)16-14-24(22)23/h20-24H,3-18H2,1-2H3/t20-,21?,22?,23?,24?,25+/m0/s1. The second-order valence-corrected chi connectivity index (χ2v) is 10.2. The maximum atomic E-state index is 9.82. The van der Waals surface area contributed by atoms with E-state index in [0.717, 1.165) is 36.0 Å². The highest BCUT2D eigenvalue weighted by molar-refractivity contribution is 5.06. The molecule has 1 nitrogen and oxygen atoms in total. The number of unbranched alkanes of at least 4 members (excludes halogenated alkanes) is 4. The van der Waals surface area contributed by atoms with Gasteiger partial charge in [0.1, 0.15) is 0 Å². The van der Waals surface area contributed by atoms with Crippen molar-refractivity contribution >= 4 is 0 Å². The predicted molar refractivity (Wildman–Crippen MR) is 111 cm³/mol. The van der Waals surface area contributed by atoms with Gasteiger partial charge in [0, 0.05) is 0 Å². The van der Waals surface area contributed by atoms with E-state index in [1.807, 2.05) is 0 Å². The molecule has 3 aliphatic rings. The Morgan fingerprint density at radius 2 is 1.62 bits per heavy atom. The Labute approximate surface area is 163 Å². The van der Waals surface area contributed by atoms with Gasteiger partial charge in [-0.3, -0.25) is 0 Å². The highest BCUT2D eigenvalue weighted by Gasteiger charge is 2.48. The first-order valence-corrected chi connectivity index (χ1v) is 12.1. The molecule has 0 heterocycles. The molecule has 0 aromatic rings. The third kappa shape index (κ3) is 4.66. The van der Waals surface area contributed by atoms with Crippen molar-refractivity contribution in [2.45, 2.75) is 117 Å². The predicted octanol–water partition coefficient (Wildman–Crippen LogP) is 7.90. The number of nitrogens with zero attached hydrogens (tertiary/aromatic N) is 1. The van der Waals surface area contributed by atoms with Crippen molar-refractivity contribution in [3.8, 4) is 6.07 Å². The summed E-state index contributed by atoms with van der Waals surface area (Å²) in [5, 5.41) is 9.82. The van der Waals surface area contributed by atoms with Gasteiger partial charge in [-0.2, -0.15) is 5.26 Å². The van der Waals surface area contributed by atoms with E-state index in [4.69, 9.17) is 0 Å². The molecule has 3 aliphatic carbocycles. The van der Waals surface area contributed by atoms with Gasteiger partial charge in [0.15, 0.2) is 0 Å². The molecule has 0 amide bonds. The summed E-state index contributed by atoms with van der Waals surface area (Å²) in [6, 6.07) is 2.77. The largest absolute Gasteiger partial charge is 0.198 e. The fourth-order valence-corrected chi connectivity index (χ4v) is 7.18. The Hall–Kier alpha value is -0.510. The van der Waals surface area contributed by atoms with E-state index in [1.54, 1.807) is 6.42 Å². The van der Waals surface area contributed by atoms with Crippen molar-refractivity contribution in [1.29, 1.82) is 5.26 Å². The van der Waals surface area contributed by atoms with Crippen LogP contribution >= 0.6 is 0 Å². The number of hydrogen-bond acceptors (Lipinski definition) is 1. The summed E-state index contributed by atoms with van der Waals surface area (Å²) >= 11 is 0. The fourth-order valence-electron chi connectivity index (χ4n) is 7.18. The quantitative estimate of drug-likeness (QED) is 0.405. The third-order valence-corrected chi connectivity index (χ3v) is 8.50. The molecule has 0 saturated heterocycles.